The van der Waals surface area contributed by atoms with Crippen molar-refractivity contribution in [1.82, 2.24) is 0 Å². The Kier molecular flexibility index (Phi) is 1.82. The van der Waals surface area contributed by atoms with Crippen LogP contribution in [0, 0.1) is 0 Å². The average Bonchev–Trinajstić information content (AvgIpc) is 1.84. The van der Waals surface area contributed by atoms with E-state index in [2.05, 4.69) is 7.58 Å². The van der Waals surface area contributed by atoms with Gasteiger partial charge in [0, 0.05) is 0 Å². The predicted molar refractivity (Wildman–Crippen MR) is 24.0 cm³/mol. The Morgan fingerprint density at radius 1 is 1.18 bits per heavy atom. The summed E-state index contributed by atoms with van der Waals surface area (Å²) < 4.78 is 42.9. The smallest absolute Gasteiger partial charge is 0.554 e. The van der Waals surface area contributed by atoms with E-state index in [0.717, 1.165) is 0 Å². The maximum atomic E-state index is 12.1. The summed E-state index contributed by atoms with van der Waals surface area (Å²) in [4.78, 5) is 20.1. The third kappa shape index (κ3) is 1.32. The first-order valence-electron chi connectivity index (χ1n) is 2.38. The normalized spacial score (nSPS) is 22.6. The molecule has 1 aliphatic rings. The van der Waals surface area contributed by atoms with Crippen molar-refractivity contribution in [1.29, 1.82) is 0 Å². The zero-order valence-electron chi connectivity index (χ0n) is 4.84. The van der Waals surface area contributed by atoms with Gasteiger partial charge in [0.2, 0.25) is 0 Å². The van der Waals surface area contributed by atoms with Gasteiger partial charge in [-0.2, -0.15) is 8.78 Å². The van der Waals surface area contributed by atoms with Gasteiger partial charge in [0.15, 0.2) is 0 Å². The summed E-state index contributed by atoms with van der Waals surface area (Å²) >= 11 is -3.97. The first kappa shape index (κ1) is 8.36. The Bertz CT molecular complexity index is 197. The molecule has 1 fully saturated rings. The van der Waals surface area contributed by atoms with Gasteiger partial charge in [-0.3, -0.25) is 0 Å². The van der Waals surface area contributed by atoms with Crippen LogP contribution in [0.5, 0.6) is 0 Å². The van der Waals surface area contributed by atoms with E-state index in [1.165, 1.54) is 0 Å². The largest absolute Gasteiger partial charge is 1.15 e. The Morgan fingerprint density at radius 2 is 1.55 bits per heavy atom. The fraction of sp³-hybridized carbons (Fsp3) is 0.333. The van der Waals surface area contributed by atoms with Crippen LogP contribution in [-0.4, -0.2) is 33.1 Å². The molecule has 0 aromatic carbocycles. The second-order valence-corrected chi connectivity index (χ2v) is 2.68. The van der Waals surface area contributed by atoms with Crippen molar-refractivity contribution in [2.45, 2.75) is 5.92 Å². The Labute approximate surface area is 63.4 Å². The molecule has 0 spiro atoms. The third-order valence-electron chi connectivity index (χ3n) is 0.912. The fourth-order valence-corrected chi connectivity index (χ4v) is 1.10. The number of hydrogen-bond acceptors (Lipinski definition) is 4. The van der Waals surface area contributed by atoms with Crippen molar-refractivity contribution in [2.75, 3.05) is 0 Å². The number of rotatable bonds is 0. The number of alkyl halides is 2. The zero-order chi connectivity index (χ0) is 8.65. The Hall–Kier alpha value is -0.738. The van der Waals surface area contributed by atoms with Crippen molar-refractivity contribution < 1.29 is 29.5 Å². The Balaban J connectivity index is 2.84. The molecule has 11 heavy (non-hydrogen) atoms. The second-order valence-electron chi connectivity index (χ2n) is 1.66. The van der Waals surface area contributed by atoms with E-state index < -0.39 is 33.1 Å². The molecular formula is C3AlF3O4. The number of halogens is 3. The molecule has 0 atom stereocenters. The van der Waals surface area contributed by atoms with Gasteiger partial charge < -0.3 is 11.1 Å². The Morgan fingerprint density at radius 3 is 1.91 bits per heavy atom. The summed E-state index contributed by atoms with van der Waals surface area (Å²) in [6.45, 7) is 0. The van der Waals surface area contributed by atoms with Gasteiger partial charge in [0.25, 0.3) is 0 Å². The minimum Gasteiger partial charge on any atom is -0.554 e. The highest BCUT2D eigenvalue weighted by Gasteiger charge is 2.62. The van der Waals surface area contributed by atoms with Crippen LogP contribution in [0.2, 0.25) is 0 Å². The molecule has 0 aromatic rings. The van der Waals surface area contributed by atoms with Crippen molar-refractivity contribution in [3.05, 3.63) is 0 Å². The molecule has 0 saturated carbocycles. The van der Waals surface area contributed by atoms with Gasteiger partial charge in [-0.25, -0.2) is 9.59 Å². The van der Waals surface area contributed by atoms with Gasteiger partial charge in [-0.1, -0.05) is 0 Å². The first-order chi connectivity index (χ1) is 4.94. The molecule has 1 aliphatic heterocycles. The molecule has 0 aliphatic carbocycles. The number of carbonyl (C=O) groups is 2. The summed E-state index contributed by atoms with van der Waals surface area (Å²) in [5.41, 5.74) is 0. The molecular weight excluding hydrogens is 184 g/mol. The molecule has 1 heterocycles. The molecule has 60 valence electrons. The van der Waals surface area contributed by atoms with Crippen LogP contribution >= 0.6 is 0 Å². The van der Waals surface area contributed by atoms with Crippen molar-refractivity contribution in [3.63, 3.8) is 0 Å². The summed E-state index contributed by atoms with van der Waals surface area (Å²) in [5, 5.41) is 0. The fourth-order valence-electron chi connectivity index (χ4n) is 0.424. The van der Waals surface area contributed by atoms with E-state index in [1.807, 2.05) is 0 Å². The molecule has 0 amide bonds. The lowest BCUT2D eigenvalue weighted by Crippen LogP contribution is -2.50. The van der Waals surface area contributed by atoms with Crippen molar-refractivity contribution in [3.8, 4) is 0 Å². The summed E-state index contributed by atoms with van der Waals surface area (Å²) in [7, 11) is 0. The molecule has 0 aromatic heterocycles. The van der Waals surface area contributed by atoms with Gasteiger partial charge in [0.1, 0.15) is 0 Å². The molecule has 8 heteroatoms. The van der Waals surface area contributed by atoms with Gasteiger partial charge >= 0.3 is 33.1 Å². The summed E-state index contributed by atoms with van der Waals surface area (Å²) in [6.07, 6.45) is 0. The maximum Gasteiger partial charge on any atom is 1.15 e. The number of carbonyl (C=O) groups excluding carboxylic acids is 2. The molecule has 4 nitrogen and oxygen atoms in total. The monoisotopic (exact) mass is 184 g/mol. The van der Waals surface area contributed by atoms with E-state index in [4.69, 9.17) is 0 Å². The molecule has 0 radical (unpaired) electrons. The molecule has 1 rings (SSSR count). The highest BCUT2D eigenvalue weighted by atomic mass is 27.3. The van der Waals surface area contributed by atoms with Crippen LogP contribution in [-0.2, 0) is 17.2 Å². The zero-order valence-corrected chi connectivity index (χ0v) is 6.00. The minimum absolute atomic E-state index is 2.17. The third-order valence-corrected chi connectivity index (χ3v) is 1.71. The standard InChI is InChI=1S/C3H2F2O4.Al.FH/c4-3(5,1(6)7)2(8)9;;/h(H,6,7)(H,8,9);;1H/q;+3;/p-3. The summed E-state index contributed by atoms with van der Waals surface area (Å²) in [6, 6.07) is 0. The first-order valence-corrected chi connectivity index (χ1v) is 3.76. The van der Waals surface area contributed by atoms with E-state index >= 15 is 0 Å². The van der Waals surface area contributed by atoms with Crippen LogP contribution in [0.15, 0.2) is 0 Å². The average molecular weight is 184 g/mol. The molecule has 0 bridgehead atoms. The van der Waals surface area contributed by atoms with Crippen LogP contribution in [0.1, 0.15) is 0 Å². The molecule has 1 saturated heterocycles. The quantitative estimate of drug-likeness (QED) is 0.382. The SMILES string of the molecule is O=C1[O][Al]([F])[O]C(=O)C1(F)F. The second kappa shape index (κ2) is 2.39. The lowest BCUT2D eigenvalue weighted by atomic mass is 10.3. The predicted octanol–water partition coefficient (Wildman–Crippen LogP) is -0.324. The van der Waals surface area contributed by atoms with Gasteiger partial charge in [-0.05, 0) is 0 Å². The van der Waals surface area contributed by atoms with Crippen molar-refractivity contribution in [2.24, 2.45) is 0 Å². The lowest BCUT2D eigenvalue weighted by molar-refractivity contribution is -0.189. The van der Waals surface area contributed by atoms with E-state index in [0.29, 0.717) is 0 Å². The van der Waals surface area contributed by atoms with Crippen molar-refractivity contribution >= 4 is 27.2 Å². The highest BCUT2D eigenvalue weighted by Crippen LogP contribution is 2.23. The van der Waals surface area contributed by atoms with Gasteiger partial charge in [0.05, 0.1) is 0 Å². The van der Waals surface area contributed by atoms with Crippen LogP contribution in [0.25, 0.3) is 0 Å². The van der Waals surface area contributed by atoms with Crippen LogP contribution in [0.4, 0.5) is 12.3 Å². The number of hydrogen-bond donors (Lipinski definition) is 0. The van der Waals surface area contributed by atoms with E-state index in [1.54, 1.807) is 0 Å². The molecule has 0 unspecified atom stereocenters. The minimum atomic E-state index is -4.35. The topological polar surface area (TPSA) is 52.6 Å². The van der Waals surface area contributed by atoms with E-state index in [-0.39, 0.29) is 0 Å². The highest BCUT2D eigenvalue weighted by molar-refractivity contribution is 6.44. The summed E-state index contributed by atoms with van der Waals surface area (Å²) in [5.74, 6) is -8.70. The maximum absolute atomic E-state index is 12.1. The lowest BCUT2D eigenvalue weighted by Gasteiger charge is -2.20. The van der Waals surface area contributed by atoms with Crippen LogP contribution < -0.4 is 0 Å². The van der Waals surface area contributed by atoms with E-state index in [9.17, 15) is 21.9 Å². The van der Waals surface area contributed by atoms with Gasteiger partial charge in [-0.15, -0.1) is 0 Å². The van der Waals surface area contributed by atoms with Crippen LogP contribution in [0.3, 0.4) is 0 Å². The molecule has 0 N–H and O–H groups in total.